The quantitative estimate of drug-likeness (QED) is 0.291. The number of nitrogens with one attached hydrogen (secondary N) is 2. The van der Waals surface area contributed by atoms with Crippen LogP contribution in [0.5, 0.6) is 11.5 Å². The Morgan fingerprint density at radius 1 is 0.970 bits per heavy atom. The fraction of sp³-hybridized carbons (Fsp3) is 0.0769. The second-order valence-corrected chi connectivity index (χ2v) is 8.26. The normalized spacial score (nSPS) is 11.0. The summed E-state index contributed by atoms with van der Waals surface area (Å²) >= 11 is 3.59. The standard InChI is InChI=1S/C26H20BrN3O3/c1-32-22-12-11-16(25-28-19-9-5-6-10-20(19)29-25)14-21(22)30-26(31)18-13-15-7-3-4-8-17(15)23(27)24(18)33-2/h3-14H,1-2H3,(H,28,29)(H,30,31). The number of H-pyrrole nitrogens is 1. The topological polar surface area (TPSA) is 76.2 Å². The van der Waals surface area contributed by atoms with Crippen LogP contribution >= 0.6 is 15.9 Å². The molecule has 1 amide bonds. The number of hydrogen-bond acceptors (Lipinski definition) is 4. The van der Waals surface area contributed by atoms with E-state index in [4.69, 9.17) is 9.47 Å². The summed E-state index contributed by atoms with van der Waals surface area (Å²) in [4.78, 5) is 21.3. The zero-order chi connectivity index (χ0) is 22.9. The highest BCUT2D eigenvalue weighted by atomic mass is 79.9. The third-order valence-electron chi connectivity index (χ3n) is 5.50. The third kappa shape index (κ3) is 3.81. The van der Waals surface area contributed by atoms with Crippen molar-refractivity contribution in [3.63, 3.8) is 0 Å². The van der Waals surface area contributed by atoms with E-state index < -0.39 is 0 Å². The Morgan fingerprint density at radius 2 is 1.76 bits per heavy atom. The van der Waals surface area contributed by atoms with Crippen LogP contribution < -0.4 is 14.8 Å². The fourth-order valence-electron chi connectivity index (χ4n) is 3.88. The first kappa shape index (κ1) is 21.0. The highest BCUT2D eigenvalue weighted by Gasteiger charge is 2.20. The maximum absolute atomic E-state index is 13.4. The first-order chi connectivity index (χ1) is 16.1. The molecule has 7 heteroatoms. The van der Waals surface area contributed by atoms with Crippen LogP contribution in [0.2, 0.25) is 0 Å². The number of amides is 1. The molecule has 0 aliphatic rings. The van der Waals surface area contributed by atoms with Crippen molar-refractivity contribution in [3.8, 4) is 22.9 Å². The third-order valence-corrected chi connectivity index (χ3v) is 6.29. The van der Waals surface area contributed by atoms with Crippen LogP contribution in [0.4, 0.5) is 5.69 Å². The van der Waals surface area contributed by atoms with Crippen LogP contribution in [0.25, 0.3) is 33.2 Å². The minimum atomic E-state index is -0.307. The molecule has 6 nitrogen and oxygen atoms in total. The molecule has 2 N–H and O–H groups in total. The number of anilines is 1. The second kappa shape index (κ2) is 8.60. The maximum Gasteiger partial charge on any atom is 0.259 e. The molecule has 0 saturated heterocycles. The van der Waals surface area contributed by atoms with Gasteiger partial charge in [-0.1, -0.05) is 36.4 Å². The molecule has 0 spiro atoms. The number of rotatable bonds is 5. The molecule has 5 rings (SSSR count). The minimum absolute atomic E-state index is 0.307. The van der Waals surface area contributed by atoms with E-state index in [1.165, 1.54) is 0 Å². The number of fused-ring (bicyclic) bond motifs is 2. The lowest BCUT2D eigenvalue weighted by molar-refractivity contribution is 0.102. The number of methoxy groups -OCH3 is 2. The van der Waals surface area contributed by atoms with Gasteiger partial charge in [0.15, 0.2) is 0 Å². The minimum Gasteiger partial charge on any atom is -0.495 e. The number of aromatic amines is 1. The van der Waals surface area contributed by atoms with Gasteiger partial charge in [-0.05, 0) is 63.1 Å². The monoisotopic (exact) mass is 501 g/mol. The predicted octanol–water partition coefficient (Wildman–Crippen LogP) is 6.42. The van der Waals surface area contributed by atoms with Crippen molar-refractivity contribution in [1.82, 2.24) is 9.97 Å². The predicted molar refractivity (Wildman–Crippen MR) is 134 cm³/mol. The number of benzene rings is 4. The number of halogens is 1. The van der Waals surface area contributed by atoms with Gasteiger partial charge < -0.3 is 19.8 Å². The molecule has 1 heterocycles. The number of nitrogens with zero attached hydrogens (tertiary/aromatic N) is 1. The lowest BCUT2D eigenvalue weighted by Crippen LogP contribution is -2.14. The summed E-state index contributed by atoms with van der Waals surface area (Å²) in [6, 6.07) is 23.0. The molecule has 0 saturated carbocycles. The molecule has 0 aliphatic heterocycles. The summed E-state index contributed by atoms with van der Waals surface area (Å²) in [7, 11) is 3.12. The van der Waals surface area contributed by atoms with Gasteiger partial charge in [0.25, 0.3) is 5.91 Å². The summed E-state index contributed by atoms with van der Waals surface area (Å²) in [5.41, 5.74) is 3.60. The zero-order valence-electron chi connectivity index (χ0n) is 18.0. The van der Waals surface area contributed by atoms with Crippen molar-refractivity contribution in [3.05, 3.63) is 82.8 Å². The summed E-state index contributed by atoms with van der Waals surface area (Å²) in [5.74, 6) is 1.42. The van der Waals surface area contributed by atoms with Gasteiger partial charge in [-0.2, -0.15) is 0 Å². The Bertz CT molecular complexity index is 1480. The van der Waals surface area contributed by atoms with Gasteiger partial charge in [-0.3, -0.25) is 4.79 Å². The van der Waals surface area contributed by atoms with E-state index in [9.17, 15) is 4.79 Å². The van der Waals surface area contributed by atoms with Gasteiger partial charge in [0.1, 0.15) is 17.3 Å². The van der Waals surface area contributed by atoms with Gasteiger partial charge in [0.2, 0.25) is 0 Å². The molecular weight excluding hydrogens is 482 g/mol. The number of aromatic nitrogens is 2. The average molecular weight is 502 g/mol. The second-order valence-electron chi connectivity index (χ2n) is 7.46. The number of para-hydroxylation sites is 2. The first-order valence-electron chi connectivity index (χ1n) is 10.3. The number of ether oxygens (including phenoxy) is 2. The fourth-order valence-corrected chi connectivity index (χ4v) is 4.62. The van der Waals surface area contributed by atoms with E-state index in [1.807, 2.05) is 72.8 Å². The molecule has 5 aromatic rings. The van der Waals surface area contributed by atoms with Crippen molar-refractivity contribution in [1.29, 1.82) is 0 Å². The first-order valence-corrected chi connectivity index (χ1v) is 11.1. The zero-order valence-corrected chi connectivity index (χ0v) is 19.6. The van der Waals surface area contributed by atoms with Crippen molar-refractivity contribution in [2.75, 3.05) is 19.5 Å². The molecule has 0 radical (unpaired) electrons. The average Bonchev–Trinajstić information content (AvgIpc) is 3.28. The van der Waals surface area contributed by atoms with E-state index in [0.29, 0.717) is 28.6 Å². The van der Waals surface area contributed by atoms with Crippen LogP contribution in [0.1, 0.15) is 10.4 Å². The number of carbonyl (C=O) groups is 1. The Morgan fingerprint density at radius 3 is 2.55 bits per heavy atom. The molecule has 1 aromatic heterocycles. The molecule has 0 atom stereocenters. The summed E-state index contributed by atoms with van der Waals surface area (Å²) in [6.45, 7) is 0. The van der Waals surface area contributed by atoms with Crippen LogP contribution in [0, 0.1) is 0 Å². The van der Waals surface area contributed by atoms with E-state index >= 15 is 0 Å². The molecule has 0 fully saturated rings. The number of carbonyl (C=O) groups excluding carboxylic acids is 1. The summed E-state index contributed by atoms with van der Waals surface area (Å²) in [5, 5.41) is 4.88. The molecular formula is C26H20BrN3O3. The van der Waals surface area contributed by atoms with E-state index in [2.05, 4.69) is 31.2 Å². The van der Waals surface area contributed by atoms with E-state index in [0.717, 1.165) is 31.8 Å². The Balaban J connectivity index is 1.55. The maximum atomic E-state index is 13.4. The van der Waals surface area contributed by atoms with Crippen LogP contribution in [-0.4, -0.2) is 30.1 Å². The van der Waals surface area contributed by atoms with Gasteiger partial charge in [-0.25, -0.2) is 4.98 Å². The molecule has 0 bridgehead atoms. The van der Waals surface area contributed by atoms with Crippen LogP contribution in [-0.2, 0) is 0 Å². The molecule has 4 aromatic carbocycles. The highest BCUT2D eigenvalue weighted by molar-refractivity contribution is 9.10. The lowest BCUT2D eigenvalue weighted by atomic mass is 10.0. The molecule has 33 heavy (non-hydrogen) atoms. The Kier molecular flexibility index (Phi) is 5.48. The Labute approximate surface area is 198 Å². The van der Waals surface area contributed by atoms with Crippen LogP contribution in [0.3, 0.4) is 0 Å². The highest BCUT2D eigenvalue weighted by Crippen LogP contribution is 2.38. The number of hydrogen-bond donors (Lipinski definition) is 2. The summed E-state index contributed by atoms with van der Waals surface area (Å²) < 4.78 is 11.8. The van der Waals surface area contributed by atoms with Gasteiger partial charge >= 0.3 is 0 Å². The molecule has 0 unspecified atom stereocenters. The van der Waals surface area contributed by atoms with E-state index in [1.54, 1.807) is 14.2 Å². The number of imidazole rings is 1. The van der Waals surface area contributed by atoms with Crippen LogP contribution in [0.15, 0.2) is 77.3 Å². The molecule has 0 aliphatic carbocycles. The van der Waals surface area contributed by atoms with E-state index in [-0.39, 0.29) is 5.91 Å². The van der Waals surface area contributed by atoms with Gasteiger partial charge in [0.05, 0.1) is 41.0 Å². The largest absolute Gasteiger partial charge is 0.495 e. The SMILES string of the molecule is COc1ccc(-c2nc3ccccc3[nH]2)cc1NC(=O)c1cc2ccccc2c(Br)c1OC. The Hall–Kier alpha value is -3.84. The molecule has 164 valence electrons. The summed E-state index contributed by atoms with van der Waals surface area (Å²) in [6.07, 6.45) is 0. The van der Waals surface area contributed by atoms with Crippen molar-refractivity contribution in [2.45, 2.75) is 0 Å². The smallest absolute Gasteiger partial charge is 0.259 e. The van der Waals surface area contributed by atoms with Gasteiger partial charge in [0, 0.05) is 5.56 Å². The van der Waals surface area contributed by atoms with Crippen molar-refractivity contribution >= 4 is 49.3 Å². The lowest BCUT2D eigenvalue weighted by Gasteiger charge is -2.15. The van der Waals surface area contributed by atoms with Crippen molar-refractivity contribution < 1.29 is 14.3 Å². The van der Waals surface area contributed by atoms with Crippen molar-refractivity contribution in [2.24, 2.45) is 0 Å². The van der Waals surface area contributed by atoms with Gasteiger partial charge in [-0.15, -0.1) is 0 Å².